The number of carbonyl (C=O) groups is 1. The number of nitrogens with one attached hydrogen (secondary N) is 1. The Morgan fingerprint density at radius 1 is 1.24 bits per heavy atom. The van der Waals surface area contributed by atoms with Crippen molar-refractivity contribution >= 4 is 5.91 Å². The molecule has 0 saturated heterocycles. The Balaban J connectivity index is 1.99. The standard InChI is InChI=1S/C16H18N2O3/c1-11-2-5-13(9-17-11)16(21)18-14(10-19)8-12-3-6-15(20)7-4-12/h2-7,9,14,19-20H,8,10H2,1H3,(H,18,21)/t14-/m0/s1. The Hall–Kier alpha value is -2.40. The van der Waals surface area contributed by atoms with Crippen molar-refractivity contribution in [1.29, 1.82) is 0 Å². The van der Waals surface area contributed by atoms with Gasteiger partial charge in [0.2, 0.25) is 0 Å². The van der Waals surface area contributed by atoms with Crippen molar-refractivity contribution in [3.05, 3.63) is 59.4 Å². The molecule has 5 nitrogen and oxygen atoms in total. The number of aliphatic hydroxyl groups excluding tert-OH is 1. The fraction of sp³-hybridized carbons (Fsp3) is 0.250. The van der Waals surface area contributed by atoms with Gasteiger partial charge < -0.3 is 15.5 Å². The molecule has 0 aliphatic carbocycles. The maximum Gasteiger partial charge on any atom is 0.253 e. The molecular formula is C16H18N2O3. The van der Waals surface area contributed by atoms with Crippen molar-refractivity contribution in [3.63, 3.8) is 0 Å². The fourth-order valence-electron chi connectivity index (χ4n) is 1.95. The van der Waals surface area contributed by atoms with E-state index in [2.05, 4.69) is 10.3 Å². The summed E-state index contributed by atoms with van der Waals surface area (Å²) in [5, 5.41) is 21.4. The fourth-order valence-corrected chi connectivity index (χ4v) is 1.95. The van der Waals surface area contributed by atoms with Crippen molar-refractivity contribution in [2.45, 2.75) is 19.4 Å². The Kier molecular flexibility index (Phi) is 4.90. The number of pyridine rings is 1. The van der Waals surface area contributed by atoms with Crippen LogP contribution in [0.1, 0.15) is 21.6 Å². The smallest absolute Gasteiger partial charge is 0.253 e. The van der Waals surface area contributed by atoms with Gasteiger partial charge in [0, 0.05) is 11.9 Å². The third-order valence-electron chi connectivity index (χ3n) is 3.15. The maximum absolute atomic E-state index is 12.1. The maximum atomic E-state index is 12.1. The van der Waals surface area contributed by atoms with Gasteiger partial charge in [0.1, 0.15) is 5.75 Å². The van der Waals surface area contributed by atoms with E-state index in [1.54, 1.807) is 36.4 Å². The molecule has 2 aromatic rings. The van der Waals surface area contributed by atoms with Gasteiger partial charge >= 0.3 is 0 Å². The van der Waals surface area contributed by atoms with E-state index in [1.807, 2.05) is 6.92 Å². The van der Waals surface area contributed by atoms with E-state index in [-0.39, 0.29) is 24.3 Å². The van der Waals surface area contributed by atoms with E-state index >= 15 is 0 Å². The molecule has 0 bridgehead atoms. The van der Waals surface area contributed by atoms with Crippen LogP contribution in [0.2, 0.25) is 0 Å². The van der Waals surface area contributed by atoms with Crippen molar-refractivity contribution in [3.8, 4) is 5.75 Å². The minimum absolute atomic E-state index is 0.161. The Bertz CT molecular complexity index is 594. The number of rotatable bonds is 5. The largest absolute Gasteiger partial charge is 0.508 e. The van der Waals surface area contributed by atoms with Crippen molar-refractivity contribution < 1.29 is 15.0 Å². The normalized spacial score (nSPS) is 11.9. The summed E-state index contributed by atoms with van der Waals surface area (Å²) in [5.41, 5.74) is 2.23. The summed E-state index contributed by atoms with van der Waals surface area (Å²) < 4.78 is 0. The topological polar surface area (TPSA) is 82.5 Å². The lowest BCUT2D eigenvalue weighted by Gasteiger charge is -2.16. The predicted molar refractivity (Wildman–Crippen MR) is 79.1 cm³/mol. The molecule has 1 heterocycles. The summed E-state index contributed by atoms with van der Waals surface area (Å²) in [6.45, 7) is 1.69. The van der Waals surface area contributed by atoms with Crippen LogP contribution in [-0.4, -0.2) is 33.8 Å². The van der Waals surface area contributed by atoms with Gasteiger partial charge in [-0.15, -0.1) is 0 Å². The summed E-state index contributed by atoms with van der Waals surface area (Å²) >= 11 is 0. The summed E-state index contributed by atoms with van der Waals surface area (Å²) in [6.07, 6.45) is 2.00. The molecule has 1 amide bonds. The lowest BCUT2D eigenvalue weighted by atomic mass is 10.1. The molecule has 2 rings (SSSR count). The molecule has 0 unspecified atom stereocenters. The first-order chi connectivity index (χ1) is 10.1. The van der Waals surface area contributed by atoms with Crippen LogP contribution in [0.5, 0.6) is 5.75 Å². The number of phenols is 1. The van der Waals surface area contributed by atoms with E-state index in [9.17, 15) is 15.0 Å². The second kappa shape index (κ2) is 6.85. The van der Waals surface area contributed by atoms with Crippen LogP contribution < -0.4 is 5.32 Å². The van der Waals surface area contributed by atoms with Crippen molar-refractivity contribution in [1.82, 2.24) is 10.3 Å². The van der Waals surface area contributed by atoms with Gasteiger partial charge in [-0.05, 0) is 43.2 Å². The number of aromatic hydroxyl groups is 1. The van der Waals surface area contributed by atoms with Crippen LogP contribution in [0.15, 0.2) is 42.6 Å². The van der Waals surface area contributed by atoms with E-state index in [0.29, 0.717) is 12.0 Å². The Morgan fingerprint density at radius 2 is 1.95 bits per heavy atom. The number of phenolic OH excluding ortho intramolecular Hbond substituents is 1. The highest BCUT2D eigenvalue weighted by molar-refractivity contribution is 5.94. The zero-order valence-corrected chi connectivity index (χ0v) is 11.8. The van der Waals surface area contributed by atoms with Gasteiger partial charge in [-0.25, -0.2) is 0 Å². The van der Waals surface area contributed by atoms with Crippen molar-refractivity contribution in [2.75, 3.05) is 6.61 Å². The highest BCUT2D eigenvalue weighted by Crippen LogP contribution is 2.11. The van der Waals surface area contributed by atoms with E-state index in [0.717, 1.165) is 11.3 Å². The first-order valence-electron chi connectivity index (χ1n) is 6.71. The van der Waals surface area contributed by atoms with Crippen LogP contribution in [0.3, 0.4) is 0 Å². The number of benzene rings is 1. The van der Waals surface area contributed by atoms with Gasteiger partial charge in [0.15, 0.2) is 0 Å². The number of aromatic nitrogens is 1. The van der Waals surface area contributed by atoms with Crippen LogP contribution in [0.4, 0.5) is 0 Å². The lowest BCUT2D eigenvalue weighted by Crippen LogP contribution is -2.39. The Morgan fingerprint density at radius 3 is 2.52 bits per heavy atom. The number of nitrogens with zero attached hydrogens (tertiary/aromatic N) is 1. The van der Waals surface area contributed by atoms with Crippen LogP contribution >= 0.6 is 0 Å². The zero-order chi connectivity index (χ0) is 15.2. The molecule has 0 spiro atoms. The number of carbonyl (C=O) groups excluding carboxylic acids is 1. The molecule has 1 aromatic heterocycles. The van der Waals surface area contributed by atoms with Gasteiger partial charge in [0.25, 0.3) is 5.91 Å². The third-order valence-corrected chi connectivity index (χ3v) is 3.15. The third kappa shape index (κ3) is 4.29. The average Bonchev–Trinajstić information content (AvgIpc) is 2.49. The van der Waals surface area contributed by atoms with Crippen LogP contribution in [-0.2, 0) is 6.42 Å². The second-order valence-corrected chi connectivity index (χ2v) is 4.91. The minimum Gasteiger partial charge on any atom is -0.508 e. The van der Waals surface area contributed by atoms with Gasteiger partial charge in [-0.2, -0.15) is 0 Å². The van der Waals surface area contributed by atoms with Crippen molar-refractivity contribution in [2.24, 2.45) is 0 Å². The molecule has 21 heavy (non-hydrogen) atoms. The summed E-state index contributed by atoms with van der Waals surface area (Å²) in [7, 11) is 0. The number of hydrogen-bond acceptors (Lipinski definition) is 4. The zero-order valence-electron chi connectivity index (χ0n) is 11.8. The molecule has 0 aliphatic rings. The molecule has 3 N–H and O–H groups in total. The number of hydrogen-bond donors (Lipinski definition) is 3. The molecule has 0 fully saturated rings. The predicted octanol–water partition coefficient (Wildman–Crippen LogP) is 1.43. The van der Waals surface area contributed by atoms with Gasteiger partial charge in [-0.1, -0.05) is 12.1 Å². The van der Waals surface area contributed by atoms with E-state index < -0.39 is 0 Å². The highest BCUT2D eigenvalue weighted by Gasteiger charge is 2.14. The average molecular weight is 286 g/mol. The van der Waals surface area contributed by atoms with E-state index in [4.69, 9.17) is 0 Å². The first-order valence-corrected chi connectivity index (χ1v) is 6.71. The van der Waals surface area contributed by atoms with Crippen LogP contribution in [0.25, 0.3) is 0 Å². The highest BCUT2D eigenvalue weighted by atomic mass is 16.3. The van der Waals surface area contributed by atoms with Gasteiger partial charge in [0.05, 0.1) is 18.2 Å². The molecule has 0 radical (unpaired) electrons. The molecule has 1 aromatic carbocycles. The molecule has 1 atom stereocenters. The monoisotopic (exact) mass is 286 g/mol. The number of aliphatic hydroxyl groups is 1. The number of amides is 1. The summed E-state index contributed by atoms with van der Waals surface area (Å²) in [5.74, 6) is -0.0746. The molecular weight excluding hydrogens is 268 g/mol. The van der Waals surface area contributed by atoms with E-state index in [1.165, 1.54) is 6.20 Å². The van der Waals surface area contributed by atoms with Crippen LogP contribution in [0, 0.1) is 6.92 Å². The molecule has 0 aliphatic heterocycles. The molecule has 110 valence electrons. The summed E-state index contributed by atoms with van der Waals surface area (Å²) in [4.78, 5) is 16.1. The Labute approximate surface area is 123 Å². The molecule has 0 saturated carbocycles. The quantitative estimate of drug-likeness (QED) is 0.776. The SMILES string of the molecule is Cc1ccc(C(=O)N[C@H](CO)Cc2ccc(O)cc2)cn1. The minimum atomic E-state index is -0.386. The lowest BCUT2D eigenvalue weighted by molar-refractivity contribution is 0.0916. The number of aryl methyl sites for hydroxylation is 1. The summed E-state index contributed by atoms with van der Waals surface area (Å²) in [6, 6.07) is 9.76. The van der Waals surface area contributed by atoms with Gasteiger partial charge in [-0.3, -0.25) is 9.78 Å². The second-order valence-electron chi connectivity index (χ2n) is 4.91. The molecule has 5 heteroatoms. The first kappa shape index (κ1) is 15.0.